The van der Waals surface area contributed by atoms with Gasteiger partial charge < -0.3 is 10.3 Å². The first-order chi connectivity index (χ1) is 10.1. The summed E-state index contributed by atoms with van der Waals surface area (Å²) in [5.41, 5.74) is 0.974. The zero-order valence-corrected chi connectivity index (χ0v) is 13.0. The van der Waals surface area contributed by atoms with Crippen LogP contribution in [0.15, 0.2) is 18.3 Å². The van der Waals surface area contributed by atoms with Gasteiger partial charge in [-0.2, -0.15) is 0 Å². The standard InChI is InChI=1S/C17H22N2OS/c20-15(14-2-1-3-18-16(14)21)19-10-17-7-11-4-12(8-17)6-13(5-11)9-17/h1-3,11-13H,4-10H2,(H,18,21)(H,19,20). The number of amides is 1. The quantitative estimate of drug-likeness (QED) is 0.836. The summed E-state index contributed by atoms with van der Waals surface area (Å²) in [5, 5.41) is 3.17. The van der Waals surface area contributed by atoms with E-state index >= 15 is 0 Å². The Morgan fingerprint density at radius 1 is 1.24 bits per heavy atom. The molecule has 0 unspecified atom stereocenters. The number of hydrogen-bond donors (Lipinski definition) is 2. The summed E-state index contributed by atoms with van der Waals surface area (Å²) in [7, 11) is 0. The molecule has 1 aromatic heterocycles. The number of carbonyl (C=O) groups excluding carboxylic acids is 1. The molecule has 3 nitrogen and oxygen atoms in total. The lowest BCUT2D eigenvalue weighted by Gasteiger charge is -2.56. The van der Waals surface area contributed by atoms with E-state index in [2.05, 4.69) is 10.3 Å². The first kappa shape index (κ1) is 13.5. The fourth-order valence-corrected chi connectivity index (χ4v) is 5.70. The van der Waals surface area contributed by atoms with Crippen LogP contribution in [-0.4, -0.2) is 17.4 Å². The maximum atomic E-state index is 12.4. The van der Waals surface area contributed by atoms with Gasteiger partial charge in [-0.25, -0.2) is 0 Å². The summed E-state index contributed by atoms with van der Waals surface area (Å²) in [6.07, 6.45) is 10.0. The van der Waals surface area contributed by atoms with Crippen LogP contribution in [0.4, 0.5) is 0 Å². The number of H-pyrrole nitrogens is 1. The maximum Gasteiger partial charge on any atom is 0.254 e. The predicted octanol–water partition coefficient (Wildman–Crippen LogP) is 3.69. The van der Waals surface area contributed by atoms with Gasteiger partial charge in [0, 0.05) is 12.7 Å². The topological polar surface area (TPSA) is 44.9 Å². The van der Waals surface area contributed by atoms with E-state index in [-0.39, 0.29) is 5.91 Å². The molecule has 4 aliphatic rings. The van der Waals surface area contributed by atoms with Crippen molar-refractivity contribution in [1.82, 2.24) is 10.3 Å². The van der Waals surface area contributed by atoms with Gasteiger partial charge in [0.05, 0.1) is 5.56 Å². The Morgan fingerprint density at radius 3 is 2.43 bits per heavy atom. The molecule has 4 heteroatoms. The van der Waals surface area contributed by atoms with Crippen LogP contribution in [0.2, 0.25) is 0 Å². The van der Waals surface area contributed by atoms with Crippen molar-refractivity contribution in [3.8, 4) is 0 Å². The van der Waals surface area contributed by atoms with Gasteiger partial charge >= 0.3 is 0 Å². The number of carbonyl (C=O) groups is 1. The Hall–Kier alpha value is -1.16. The zero-order valence-electron chi connectivity index (χ0n) is 12.2. The van der Waals surface area contributed by atoms with Crippen molar-refractivity contribution >= 4 is 18.1 Å². The minimum Gasteiger partial charge on any atom is -0.352 e. The van der Waals surface area contributed by atoms with Crippen LogP contribution in [0.1, 0.15) is 48.9 Å². The lowest BCUT2D eigenvalue weighted by molar-refractivity contribution is -0.0503. The number of nitrogens with one attached hydrogen (secondary N) is 2. The minimum absolute atomic E-state index is 0.0207. The number of rotatable bonds is 3. The van der Waals surface area contributed by atoms with Crippen LogP contribution in [0.5, 0.6) is 0 Å². The Labute approximate surface area is 130 Å². The highest BCUT2D eigenvalue weighted by Gasteiger charge is 2.50. The molecule has 0 atom stereocenters. The van der Waals surface area contributed by atoms with E-state index in [1.807, 2.05) is 6.07 Å². The second-order valence-corrected chi connectivity index (χ2v) is 7.92. The smallest absolute Gasteiger partial charge is 0.254 e. The predicted molar refractivity (Wildman–Crippen MR) is 84.6 cm³/mol. The largest absolute Gasteiger partial charge is 0.352 e. The fourth-order valence-electron chi connectivity index (χ4n) is 5.47. The maximum absolute atomic E-state index is 12.4. The summed E-state index contributed by atoms with van der Waals surface area (Å²) in [5.74, 6) is 2.75. The molecule has 4 saturated carbocycles. The van der Waals surface area contributed by atoms with Crippen molar-refractivity contribution in [2.45, 2.75) is 38.5 Å². The van der Waals surface area contributed by atoms with Crippen molar-refractivity contribution in [1.29, 1.82) is 0 Å². The van der Waals surface area contributed by atoms with Gasteiger partial charge in [0.2, 0.25) is 0 Å². The van der Waals surface area contributed by atoms with Gasteiger partial charge in [-0.1, -0.05) is 12.2 Å². The summed E-state index contributed by atoms with van der Waals surface area (Å²) in [6, 6.07) is 3.63. The zero-order chi connectivity index (χ0) is 14.4. The van der Waals surface area contributed by atoms with Crippen LogP contribution in [0.3, 0.4) is 0 Å². The first-order valence-electron chi connectivity index (χ1n) is 8.09. The molecule has 0 aromatic carbocycles. The van der Waals surface area contributed by atoms with E-state index in [0.717, 1.165) is 24.3 Å². The number of hydrogen-bond acceptors (Lipinski definition) is 2. The molecule has 0 saturated heterocycles. The Bertz CT molecular complexity index is 586. The summed E-state index contributed by atoms with van der Waals surface area (Å²) < 4.78 is 0.528. The van der Waals surface area contributed by atoms with Crippen molar-refractivity contribution < 1.29 is 4.79 Å². The number of pyridine rings is 1. The molecule has 4 bridgehead atoms. The molecule has 4 aliphatic carbocycles. The van der Waals surface area contributed by atoms with Crippen molar-refractivity contribution in [3.63, 3.8) is 0 Å². The SMILES string of the molecule is O=C(NCC12CC3CC(CC(C3)C1)C2)c1ccc[nH]c1=S. The van der Waals surface area contributed by atoms with E-state index in [1.54, 1.807) is 12.3 Å². The molecule has 1 heterocycles. The average Bonchev–Trinajstić information content (AvgIpc) is 2.44. The number of aromatic nitrogens is 1. The molecule has 1 amide bonds. The molecule has 2 N–H and O–H groups in total. The van der Waals surface area contributed by atoms with E-state index in [0.29, 0.717) is 15.6 Å². The normalized spacial score (nSPS) is 36.7. The van der Waals surface area contributed by atoms with Gasteiger partial charge in [0.1, 0.15) is 4.64 Å². The molecular weight excluding hydrogens is 280 g/mol. The third kappa shape index (κ3) is 2.44. The number of aromatic amines is 1. The third-order valence-corrected chi connectivity index (χ3v) is 6.19. The van der Waals surface area contributed by atoms with E-state index in [9.17, 15) is 4.79 Å². The Kier molecular flexibility index (Phi) is 3.18. The molecule has 0 aliphatic heterocycles. The van der Waals surface area contributed by atoms with Crippen LogP contribution in [0.25, 0.3) is 0 Å². The van der Waals surface area contributed by atoms with E-state index in [1.165, 1.54) is 38.5 Å². The summed E-state index contributed by atoms with van der Waals surface area (Å²) in [4.78, 5) is 15.3. The first-order valence-corrected chi connectivity index (χ1v) is 8.50. The van der Waals surface area contributed by atoms with Gasteiger partial charge in [0.25, 0.3) is 5.91 Å². The summed E-state index contributed by atoms with van der Waals surface area (Å²) >= 11 is 5.19. The second-order valence-electron chi connectivity index (χ2n) is 7.51. The molecule has 0 spiro atoms. The molecular formula is C17H22N2OS. The highest BCUT2D eigenvalue weighted by atomic mass is 32.1. The molecule has 0 radical (unpaired) electrons. The lowest BCUT2D eigenvalue weighted by Crippen LogP contribution is -2.51. The van der Waals surface area contributed by atoms with Crippen LogP contribution >= 0.6 is 12.2 Å². The van der Waals surface area contributed by atoms with Crippen LogP contribution in [0, 0.1) is 27.8 Å². The molecule has 21 heavy (non-hydrogen) atoms. The highest BCUT2D eigenvalue weighted by Crippen LogP contribution is 2.59. The molecule has 4 fully saturated rings. The van der Waals surface area contributed by atoms with Gasteiger partial charge in [-0.3, -0.25) is 4.79 Å². The molecule has 112 valence electrons. The van der Waals surface area contributed by atoms with E-state index < -0.39 is 0 Å². The Morgan fingerprint density at radius 2 is 1.86 bits per heavy atom. The van der Waals surface area contributed by atoms with E-state index in [4.69, 9.17) is 12.2 Å². The van der Waals surface area contributed by atoms with Crippen LogP contribution in [-0.2, 0) is 0 Å². The Balaban J connectivity index is 1.46. The minimum atomic E-state index is -0.0207. The van der Waals surface area contributed by atoms with Gasteiger partial charge in [0.15, 0.2) is 0 Å². The molecule has 5 rings (SSSR count). The average molecular weight is 302 g/mol. The van der Waals surface area contributed by atoms with Crippen molar-refractivity contribution in [2.75, 3.05) is 6.54 Å². The fraction of sp³-hybridized carbons (Fsp3) is 0.647. The van der Waals surface area contributed by atoms with Crippen LogP contribution < -0.4 is 5.32 Å². The van der Waals surface area contributed by atoms with Crippen molar-refractivity contribution in [3.05, 3.63) is 28.5 Å². The lowest BCUT2D eigenvalue weighted by atomic mass is 9.49. The third-order valence-electron chi connectivity index (χ3n) is 5.85. The second kappa shape index (κ2) is 4.94. The highest BCUT2D eigenvalue weighted by molar-refractivity contribution is 7.71. The summed E-state index contributed by atoms with van der Waals surface area (Å²) in [6.45, 7) is 0.832. The monoisotopic (exact) mass is 302 g/mol. The van der Waals surface area contributed by atoms with Gasteiger partial charge in [-0.05, 0) is 73.8 Å². The van der Waals surface area contributed by atoms with Gasteiger partial charge in [-0.15, -0.1) is 0 Å². The van der Waals surface area contributed by atoms with Crippen molar-refractivity contribution in [2.24, 2.45) is 23.2 Å². The molecule has 1 aromatic rings.